The van der Waals surface area contributed by atoms with Gasteiger partial charge in [0.25, 0.3) is 10.0 Å². The van der Waals surface area contributed by atoms with Gasteiger partial charge in [0.2, 0.25) is 11.8 Å². The van der Waals surface area contributed by atoms with Gasteiger partial charge in [-0.05, 0) is 36.8 Å². The topological polar surface area (TPSA) is 162 Å². The maximum Gasteiger partial charge on any atom is 0.356 e. The number of aromatic nitrogens is 4. The number of anilines is 1. The Balaban J connectivity index is 2.01. The van der Waals surface area contributed by atoms with E-state index < -0.39 is 21.7 Å². The summed E-state index contributed by atoms with van der Waals surface area (Å²) in [6.07, 6.45) is 0.716. The van der Waals surface area contributed by atoms with E-state index in [9.17, 15) is 13.2 Å². The number of nitrogens with zero attached hydrogens (tertiary/aromatic N) is 4. The fraction of sp³-hybridized carbons (Fsp3) is 0.417. The molecular formula is C24H32N6O5S. The van der Waals surface area contributed by atoms with Crippen LogP contribution >= 0.6 is 0 Å². The number of aromatic carboxylic acids is 1. The molecule has 11 nitrogen and oxygen atoms in total. The molecule has 0 saturated carbocycles. The van der Waals surface area contributed by atoms with Gasteiger partial charge >= 0.3 is 5.97 Å². The Labute approximate surface area is 210 Å². The van der Waals surface area contributed by atoms with Gasteiger partial charge in [0, 0.05) is 30.8 Å². The van der Waals surface area contributed by atoms with Crippen molar-refractivity contribution in [1.82, 2.24) is 19.7 Å². The Bertz CT molecular complexity index is 1360. The van der Waals surface area contributed by atoms with Crippen LogP contribution in [0.3, 0.4) is 0 Å². The number of rotatable bonds is 9. The zero-order chi connectivity index (χ0) is 26.8. The molecule has 12 heteroatoms. The number of carbonyl (C=O) groups is 1. The fourth-order valence-electron chi connectivity index (χ4n) is 3.91. The highest BCUT2D eigenvalue weighted by Gasteiger charge is 2.25. The van der Waals surface area contributed by atoms with Crippen LogP contribution in [0.15, 0.2) is 35.4 Å². The number of ether oxygens (including phenoxy) is 1. The van der Waals surface area contributed by atoms with Crippen LogP contribution < -0.4 is 15.2 Å². The molecule has 0 unspecified atom stereocenters. The maximum atomic E-state index is 13.1. The number of carboxylic acids is 1. The van der Waals surface area contributed by atoms with Gasteiger partial charge in [-0.25, -0.2) is 14.5 Å². The molecule has 0 bridgehead atoms. The molecule has 0 aliphatic heterocycles. The molecule has 0 aliphatic carbocycles. The minimum atomic E-state index is -4.27. The number of aryl methyl sites for hydroxylation is 3. The second kappa shape index (κ2) is 10.2. The van der Waals surface area contributed by atoms with E-state index in [0.717, 1.165) is 27.4 Å². The zero-order valence-corrected chi connectivity index (χ0v) is 22.0. The molecule has 2 aromatic heterocycles. The maximum absolute atomic E-state index is 13.1. The van der Waals surface area contributed by atoms with Crippen molar-refractivity contribution in [3.8, 4) is 17.1 Å². The summed E-state index contributed by atoms with van der Waals surface area (Å²) in [5.41, 5.74) is 9.00. The number of benzene rings is 1. The Morgan fingerprint density at radius 1 is 1.19 bits per heavy atom. The number of carboxylic acid groups (broad SMARTS) is 1. The van der Waals surface area contributed by atoms with Crippen molar-refractivity contribution >= 4 is 21.9 Å². The lowest BCUT2D eigenvalue weighted by Gasteiger charge is -2.23. The highest BCUT2D eigenvalue weighted by Crippen LogP contribution is 2.29. The molecule has 1 aromatic carbocycles. The summed E-state index contributed by atoms with van der Waals surface area (Å²) < 4.78 is 35.3. The molecule has 0 radical (unpaired) electrons. The summed E-state index contributed by atoms with van der Waals surface area (Å²) in [6.45, 7) is 10.3. The molecule has 2 heterocycles. The largest absolute Gasteiger partial charge is 0.476 e. The third-order valence-corrected chi connectivity index (χ3v) is 6.70. The first kappa shape index (κ1) is 27.1. The molecule has 3 aromatic rings. The first-order chi connectivity index (χ1) is 16.7. The van der Waals surface area contributed by atoms with Crippen molar-refractivity contribution in [1.29, 1.82) is 0 Å². The van der Waals surface area contributed by atoms with E-state index in [1.165, 1.54) is 7.05 Å². The standard InChI is InChI=1S/C24H32N6O5S/c1-14-8-7-9-15(2)21(14)17-10-19(35-13-16(25)12-24(3,4)5)27-23(26-17)29-36(33,34)20-11-18(22(31)32)28-30(20)6/h7-11,16H,12-13,25H2,1-6H3,(H,31,32)(H,26,27,29)/t16-/m1/s1. The average Bonchev–Trinajstić information content (AvgIpc) is 3.14. The van der Waals surface area contributed by atoms with E-state index in [1.54, 1.807) is 6.07 Å². The predicted molar refractivity (Wildman–Crippen MR) is 135 cm³/mol. The first-order valence-corrected chi connectivity index (χ1v) is 12.8. The lowest BCUT2D eigenvalue weighted by molar-refractivity contribution is 0.0689. The Kier molecular flexibility index (Phi) is 7.70. The Hall–Kier alpha value is -3.51. The average molecular weight is 517 g/mol. The summed E-state index contributed by atoms with van der Waals surface area (Å²) in [4.78, 5) is 19.9. The number of sulfonamides is 1. The van der Waals surface area contributed by atoms with E-state index in [2.05, 4.69) is 40.6 Å². The van der Waals surface area contributed by atoms with Gasteiger partial charge < -0.3 is 15.6 Å². The third kappa shape index (κ3) is 6.58. The molecule has 0 saturated heterocycles. The van der Waals surface area contributed by atoms with Crippen molar-refractivity contribution in [3.63, 3.8) is 0 Å². The van der Waals surface area contributed by atoms with Crippen LogP contribution in [-0.4, -0.2) is 51.9 Å². The quantitative estimate of drug-likeness (QED) is 0.388. The summed E-state index contributed by atoms with van der Waals surface area (Å²) >= 11 is 0. The number of nitrogens with one attached hydrogen (secondary N) is 1. The third-order valence-electron chi connectivity index (χ3n) is 5.32. The molecule has 0 aliphatic rings. The van der Waals surface area contributed by atoms with Gasteiger partial charge in [-0.2, -0.15) is 18.5 Å². The Morgan fingerprint density at radius 3 is 2.39 bits per heavy atom. The summed E-state index contributed by atoms with van der Waals surface area (Å²) in [6, 6.07) is 8.12. The van der Waals surface area contributed by atoms with Crippen LogP contribution in [0.25, 0.3) is 11.3 Å². The fourth-order valence-corrected chi connectivity index (χ4v) is 5.00. The van der Waals surface area contributed by atoms with Crippen molar-refractivity contribution in [2.45, 2.75) is 52.1 Å². The van der Waals surface area contributed by atoms with Gasteiger partial charge in [0.1, 0.15) is 6.61 Å². The number of hydrogen-bond donors (Lipinski definition) is 3. The number of nitrogens with two attached hydrogens (primary N) is 1. The van der Waals surface area contributed by atoms with Crippen molar-refractivity contribution in [2.75, 3.05) is 11.3 Å². The highest BCUT2D eigenvalue weighted by atomic mass is 32.2. The van der Waals surface area contributed by atoms with Crippen LogP contribution in [-0.2, 0) is 17.1 Å². The molecule has 0 fully saturated rings. The van der Waals surface area contributed by atoms with Crippen LogP contribution in [0.2, 0.25) is 0 Å². The molecule has 1 atom stereocenters. The van der Waals surface area contributed by atoms with Gasteiger partial charge in [0.15, 0.2) is 10.7 Å². The van der Waals surface area contributed by atoms with E-state index in [0.29, 0.717) is 12.1 Å². The molecule has 194 valence electrons. The lowest BCUT2D eigenvalue weighted by atomic mass is 9.89. The van der Waals surface area contributed by atoms with E-state index in [-0.39, 0.29) is 34.9 Å². The summed E-state index contributed by atoms with van der Waals surface area (Å²) in [7, 11) is -2.93. The van der Waals surface area contributed by atoms with Crippen molar-refractivity contribution in [3.05, 3.63) is 47.2 Å². The lowest BCUT2D eigenvalue weighted by Crippen LogP contribution is -2.32. The van der Waals surface area contributed by atoms with E-state index >= 15 is 0 Å². The normalized spacial score (nSPS) is 12.9. The molecular weight excluding hydrogens is 484 g/mol. The molecule has 4 N–H and O–H groups in total. The second-order valence-electron chi connectivity index (χ2n) is 9.92. The highest BCUT2D eigenvalue weighted by molar-refractivity contribution is 7.92. The molecule has 3 rings (SSSR count). The van der Waals surface area contributed by atoms with Crippen molar-refractivity contribution < 1.29 is 23.1 Å². The van der Waals surface area contributed by atoms with Crippen LogP contribution in [0.5, 0.6) is 5.88 Å². The van der Waals surface area contributed by atoms with E-state index in [4.69, 9.17) is 15.6 Å². The van der Waals surface area contributed by atoms with Crippen LogP contribution in [0.4, 0.5) is 5.95 Å². The summed E-state index contributed by atoms with van der Waals surface area (Å²) in [5.74, 6) is -1.42. The Morgan fingerprint density at radius 2 is 1.83 bits per heavy atom. The van der Waals surface area contributed by atoms with Crippen molar-refractivity contribution in [2.24, 2.45) is 18.2 Å². The van der Waals surface area contributed by atoms with Gasteiger partial charge in [-0.15, -0.1) is 0 Å². The smallest absolute Gasteiger partial charge is 0.356 e. The molecule has 36 heavy (non-hydrogen) atoms. The monoisotopic (exact) mass is 516 g/mol. The van der Waals surface area contributed by atoms with Crippen LogP contribution in [0.1, 0.15) is 48.8 Å². The van der Waals surface area contributed by atoms with Gasteiger partial charge in [-0.1, -0.05) is 39.0 Å². The zero-order valence-electron chi connectivity index (χ0n) is 21.2. The molecule has 0 spiro atoms. The minimum absolute atomic E-state index is 0.0105. The second-order valence-corrected chi connectivity index (χ2v) is 11.5. The summed E-state index contributed by atoms with van der Waals surface area (Å²) in [5, 5.41) is 12.5. The predicted octanol–water partition coefficient (Wildman–Crippen LogP) is 3.14. The van der Waals surface area contributed by atoms with Crippen LogP contribution in [0, 0.1) is 19.3 Å². The SMILES string of the molecule is Cc1cccc(C)c1-c1cc(OC[C@H](N)CC(C)(C)C)nc(NS(=O)(=O)c2cc(C(=O)O)nn2C)n1. The molecule has 0 amide bonds. The van der Waals surface area contributed by atoms with E-state index in [1.807, 2.05) is 32.0 Å². The van der Waals surface area contributed by atoms with Gasteiger partial charge in [0.05, 0.1) is 5.69 Å². The first-order valence-electron chi connectivity index (χ1n) is 11.3. The number of hydrogen-bond acceptors (Lipinski definition) is 8. The van der Waals surface area contributed by atoms with Gasteiger partial charge in [-0.3, -0.25) is 4.68 Å². The minimum Gasteiger partial charge on any atom is -0.476 e.